The van der Waals surface area contributed by atoms with Crippen LogP contribution in [0.4, 0.5) is 0 Å². The molecule has 1 nitrogen and oxygen atoms in total. The average molecular weight is 220 g/mol. The van der Waals surface area contributed by atoms with E-state index < -0.39 is 0 Å². The van der Waals surface area contributed by atoms with Crippen LogP contribution >= 0.6 is 0 Å². The minimum Gasteiger partial charge on any atom is -0.508 e. The number of phenolic OH excluding ortho intramolecular Hbond substituents is 1. The van der Waals surface area contributed by atoms with Crippen molar-refractivity contribution < 1.29 is 5.11 Å². The zero-order valence-corrected chi connectivity index (χ0v) is 10.9. The molecule has 0 aromatic heterocycles. The average Bonchev–Trinajstić information content (AvgIpc) is 2.26. The fourth-order valence-corrected chi connectivity index (χ4v) is 1.82. The molecule has 90 valence electrons. The van der Waals surface area contributed by atoms with E-state index in [1.54, 1.807) is 12.1 Å². The van der Waals surface area contributed by atoms with Crippen LogP contribution < -0.4 is 0 Å². The first-order valence-electron chi connectivity index (χ1n) is 6.29. The summed E-state index contributed by atoms with van der Waals surface area (Å²) in [6.45, 7) is 9.17. The Balaban J connectivity index is 2.46. The number of benzene rings is 1. The van der Waals surface area contributed by atoms with Crippen molar-refractivity contribution in [3.8, 4) is 5.75 Å². The first-order chi connectivity index (χ1) is 7.50. The van der Waals surface area contributed by atoms with Crippen molar-refractivity contribution in [1.82, 2.24) is 0 Å². The number of phenols is 1. The van der Waals surface area contributed by atoms with Gasteiger partial charge < -0.3 is 5.11 Å². The van der Waals surface area contributed by atoms with Gasteiger partial charge in [0.05, 0.1) is 0 Å². The molecule has 1 N–H and O–H groups in total. The lowest BCUT2D eigenvalue weighted by Gasteiger charge is -2.18. The summed E-state index contributed by atoms with van der Waals surface area (Å²) in [6, 6.07) is 7.61. The molecule has 0 radical (unpaired) electrons. The quantitative estimate of drug-likeness (QED) is 0.770. The lowest BCUT2D eigenvalue weighted by atomic mass is 9.87. The number of hydrogen-bond acceptors (Lipinski definition) is 1. The zero-order chi connectivity index (χ0) is 12.1. The van der Waals surface area contributed by atoms with Crippen molar-refractivity contribution in [2.75, 3.05) is 0 Å². The first-order valence-corrected chi connectivity index (χ1v) is 6.29. The van der Waals surface area contributed by atoms with Crippen LogP contribution in [0.5, 0.6) is 5.75 Å². The van der Waals surface area contributed by atoms with E-state index in [-0.39, 0.29) is 0 Å². The van der Waals surface area contributed by atoms with Gasteiger partial charge in [-0.15, -0.1) is 0 Å². The maximum Gasteiger partial charge on any atom is 0.115 e. The summed E-state index contributed by atoms with van der Waals surface area (Å²) < 4.78 is 0. The van der Waals surface area contributed by atoms with Crippen molar-refractivity contribution in [2.24, 2.45) is 11.8 Å². The van der Waals surface area contributed by atoms with Gasteiger partial charge in [-0.2, -0.15) is 0 Å². The molecule has 16 heavy (non-hydrogen) atoms. The molecule has 0 bridgehead atoms. The monoisotopic (exact) mass is 220 g/mol. The van der Waals surface area contributed by atoms with E-state index in [0.29, 0.717) is 11.7 Å². The lowest BCUT2D eigenvalue weighted by molar-refractivity contribution is 0.371. The van der Waals surface area contributed by atoms with Gasteiger partial charge in [0, 0.05) is 0 Å². The summed E-state index contributed by atoms with van der Waals surface area (Å²) in [5, 5.41) is 9.23. The molecule has 0 aliphatic heterocycles. The summed E-state index contributed by atoms with van der Waals surface area (Å²) in [5.41, 5.74) is 1.33. The number of rotatable bonds is 5. The largest absolute Gasteiger partial charge is 0.508 e. The Labute approximate surface area is 99.5 Å². The van der Waals surface area contributed by atoms with E-state index in [9.17, 15) is 5.11 Å². The molecular weight excluding hydrogens is 196 g/mol. The fraction of sp³-hybridized carbons (Fsp3) is 0.600. The Morgan fingerprint density at radius 2 is 1.50 bits per heavy atom. The van der Waals surface area contributed by atoms with Gasteiger partial charge in [-0.1, -0.05) is 39.8 Å². The predicted molar refractivity (Wildman–Crippen MR) is 69.8 cm³/mol. The zero-order valence-electron chi connectivity index (χ0n) is 10.9. The van der Waals surface area contributed by atoms with Gasteiger partial charge in [0.2, 0.25) is 0 Å². The molecule has 1 aromatic rings. The second kappa shape index (κ2) is 5.93. The third kappa shape index (κ3) is 3.88. The predicted octanol–water partition coefficient (Wildman–Crippen LogP) is 4.57. The van der Waals surface area contributed by atoms with Crippen LogP contribution in [0.15, 0.2) is 24.3 Å². The molecule has 0 aliphatic rings. The Kier molecular flexibility index (Phi) is 4.85. The molecule has 2 unspecified atom stereocenters. The minimum absolute atomic E-state index is 0.353. The van der Waals surface area contributed by atoms with Gasteiger partial charge in [0.15, 0.2) is 0 Å². The van der Waals surface area contributed by atoms with Gasteiger partial charge in [-0.25, -0.2) is 0 Å². The van der Waals surface area contributed by atoms with Crippen LogP contribution in [0.25, 0.3) is 0 Å². The standard InChI is InChI=1S/C15H24O/c1-11(2)12(3)5-6-13(4)14-7-9-15(16)10-8-14/h7-13,16H,5-6H2,1-4H3. The van der Waals surface area contributed by atoms with Gasteiger partial charge in [-0.05, 0) is 48.3 Å². The molecule has 0 amide bonds. The van der Waals surface area contributed by atoms with Crippen molar-refractivity contribution in [3.05, 3.63) is 29.8 Å². The second-order valence-electron chi connectivity index (χ2n) is 5.29. The minimum atomic E-state index is 0.353. The smallest absolute Gasteiger partial charge is 0.115 e. The second-order valence-corrected chi connectivity index (χ2v) is 5.29. The van der Waals surface area contributed by atoms with Crippen LogP contribution in [0, 0.1) is 11.8 Å². The Morgan fingerprint density at radius 1 is 0.938 bits per heavy atom. The van der Waals surface area contributed by atoms with Crippen molar-refractivity contribution in [2.45, 2.75) is 46.5 Å². The number of hydrogen-bond donors (Lipinski definition) is 1. The maximum absolute atomic E-state index is 9.23. The van der Waals surface area contributed by atoms with Crippen LogP contribution in [0.2, 0.25) is 0 Å². The summed E-state index contributed by atoms with van der Waals surface area (Å²) in [4.78, 5) is 0. The highest BCUT2D eigenvalue weighted by molar-refractivity contribution is 5.27. The molecule has 2 atom stereocenters. The maximum atomic E-state index is 9.23. The SMILES string of the molecule is CC(CCC(C)C(C)C)c1ccc(O)cc1. The summed E-state index contributed by atoms with van der Waals surface area (Å²) in [7, 11) is 0. The third-order valence-corrected chi connectivity index (χ3v) is 3.66. The third-order valence-electron chi connectivity index (χ3n) is 3.66. The molecule has 0 fully saturated rings. The molecule has 0 saturated carbocycles. The van der Waals surface area contributed by atoms with Crippen LogP contribution in [0.3, 0.4) is 0 Å². The molecule has 0 saturated heterocycles. The number of aromatic hydroxyl groups is 1. The highest BCUT2D eigenvalue weighted by atomic mass is 16.3. The molecule has 1 aromatic carbocycles. The molecule has 1 heteroatoms. The van der Waals surface area contributed by atoms with E-state index in [1.165, 1.54) is 18.4 Å². The topological polar surface area (TPSA) is 20.2 Å². The molecule has 1 rings (SSSR count). The molecule has 0 heterocycles. The molecule has 0 aliphatic carbocycles. The van der Waals surface area contributed by atoms with Crippen molar-refractivity contribution >= 4 is 0 Å². The first kappa shape index (κ1) is 13.1. The summed E-state index contributed by atoms with van der Waals surface area (Å²) in [5.74, 6) is 2.50. The highest BCUT2D eigenvalue weighted by Crippen LogP contribution is 2.26. The van der Waals surface area contributed by atoms with Crippen LogP contribution in [0.1, 0.15) is 52.0 Å². The van der Waals surface area contributed by atoms with Gasteiger partial charge >= 0.3 is 0 Å². The van der Waals surface area contributed by atoms with E-state index in [0.717, 1.165) is 11.8 Å². The van der Waals surface area contributed by atoms with Crippen LogP contribution in [-0.2, 0) is 0 Å². The normalized spacial score (nSPS) is 15.1. The van der Waals surface area contributed by atoms with E-state index in [4.69, 9.17) is 0 Å². The molecule has 0 spiro atoms. The van der Waals surface area contributed by atoms with Gasteiger partial charge in [-0.3, -0.25) is 0 Å². The van der Waals surface area contributed by atoms with E-state index in [1.807, 2.05) is 12.1 Å². The Hall–Kier alpha value is -0.980. The fourth-order valence-electron chi connectivity index (χ4n) is 1.82. The Bertz CT molecular complexity index is 300. The van der Waals surface area contributed by atoms with Crippen molar-refractivity contribution in [1.29, 1.82) is 0 Å². The van der Waals surface area contributed by atoms with Gasteiger partial charge in [0.25, 0.3) is 0 Å². The van der Waals surface area contributed by atoms with Crippen LogP contribution in [-0.4, -0.2) is 5.11 Å². The van der Waals surface area contributed by atoms with E-state index >= 15 is 0 Å². The molecular formula is C15H24O. The lowest BCUT2D eigenvalue weighted by Crippen LogP contribution is -2.05. The van der Waals surface area contributed by atoms with Crippen molar-refractivity contribution in [3.63, 3.8) is 0 Å². The van der Waals surface area contributed by atoms with Gasteiger partial charge in [0.1, 0.15) is 5.75 Å². The highest BCUT2D eigenvalue weighted by Gasteiger charge is 2.11. The summed E-state index contributed by atoms with van der Waals surface area (Å²) >= 11 is 0. The Morgan fingerprint density at radius 3 is 2.00 bits per heavy atom. The van der Waals surface area contributed by atoms with E-state index in [2.05, 4.69) is 27.7 Å². The summed E-state index contributed by atoms with van der Waals surface area (Å²) in [6.07, 6.45) is 2.50.